The van der Waals surface area contributed by atoms with E-state index in [1.807, 2.05) is 55.3 Å². The van der Waals surface area contributed by atoms with E-state index in [-0.39, 0.29) is 24.6 Å². The van der Waals surface area contributed by atoms with E-state index in [9.17, 15) is 14.0 Å². The smallest absolute Gasteiger partial charge is 0.275 e. The van der Waals surface area contributed by atoms with Crippen LogP contribution >= 0.6 is 0 Å². The maximum atomic E-state index is 14.5. The van der Waals surface area contributed by atoms with Crippen molar-refractivity contribution in [2.24, 2.45) is 7.05 Å². The second kappa shape index (κ2) is 11.2. The Morgan fingerprint density at radius 2 is 1.90 bits per heavy atom. The summed E-state index contributed by atoms with van der Waals surface area (Å²) in [4.78, 5) is 28.4. The first-order chi connectivity index (χ1) is 20.3. The number of hydrogen-bond acceptors (Lipinski definition) is 6. The minimum absolute atomic E-state index is 0.0964. The summed E-state index contributed by atoms with van der Waals surface area (Å²) in [6.07, 6.45) is 1.08. The zero-order chi connectivity index (χ0) is 29.4. The third-order valence-electron chi connectivity index (χ3n) is 7.72. The first-order valence-electron chi connectivity index (χ1n) is 13.8. The van der Waals surface area contributed by atoms with Crippen molar-refractivity contribution < 1.29 is 28.2 Å². The van der Waals surface area contributed by atoms with E-state index in [4.69, 9.17) is 14.2 Å². The number of halogens is 1. The molecule has 8 bridgehead atoms. The number of ether oxygens (including phenoxy) is 3. The molecule has 0 spiro atoms. The number of rotatable bonds is 2. The van der Waals surface area contributed by atoms with Gasteiger partial charge in [0, 0.05) is 25.8 Å². The van der Waals surface area contributed by atoms with Gasteiger partial charge in [-0.2, -0.15) is 5.10 Å². The fourth-order valence-corrected chi connectivity index (χ4v) is 5.46. The maximum absolute atomic E-state index is 14.5. The predicted molar refractivity (Wildman–Crippen MR) is 153 cm³/mol. The van der Waals surface area contributed by atoms with Gasteiger partial charge in [0.15, 0.2) is 17.2 Å². The van der Waals surface area contributed by atoms with Gasteiger partial charge < -0.3 is 24.4 Å². The molecule has 0 saturated carbocycles. The van der Waals surface area contributed by atoms with Crippen LogP contribution in [-0.2, 0) is 13.5 Å². The van der Waals surface area contributed by atoms with Crippen LogP contribution in [0.15, 0.2) is 60.7 Å². The zero-order valence-electron chi connectivity index (χ0n) is 23.6. The molecule has 1 N–H and O–H groups in total. The topological polar surface area (TPSA) is 94.9 Å². The number of methoxy groups -OCH3 is 1. The number of carbonyl (C=O) groups is 2. The molecule has 1 unspecified atom stereocenters. The molecule has 10 heteroatoms. The van der Waals surface area contributed by atoms with Gasteiger partial charge in [-0.05, 0) is 85.0 Å². The van der Waals surface area contributed by atoms with Crippen molar-refractivity contribution >= 4 is 11.8 Å². The second-order valence-electron chi connectivity index (χ2n) is 10.4. The van der Waals surface area contributed by atoms with E-state index in [2.05, 4.69) is 10.4 Å². The van der Waals surface area contributed by atoms with Crippen molar-refractivity contribution in [1.82, 2.24) is 20.0 Å². The van der Waals surface area contributed by atoms with E-state index in [0.717, 1.165) is 22.4 Å². The van der Waals surface area contributed by atoms with Crippen molar-refractivity contribution in [2.75, 3.05) is 26.8 Å². The Morgan fingerprint density at radius 1 is 1.10 bits per heavy atom. The predicted octanol–water partition coefficient (Wildman–Crippen LogP) is 4.97. The van der Waals surface area contributed by atoms with Gasteiger partial charge in [0.2, 0.25) is 0 Å². The number of aromatic nitrogens is 2. The summed E-state index contributed by atoms with van der Waals surface area (Å²) in [5.41, 5.74) is 4.00. The van der Waals surface area contributed by atoms with E-state index < -0.39 is 17.8 Å². The highest BCUT2D eigenvalue weighted by atomic mass is 19.1. The SMILES string of the molecule is COc1ccc2cc1OCCCNC(=O)c1cc(ccc1F)Oc1ccc3c(c1)CCN(C(=O)c1cc(C)n(C)n1)C23. The normalized spacial score (nSPS) is 16.5. The minimum atomic E-state index is -0.631. The molecule has 7 rings (SSSR count). The summed E-state index contributed by atoms with van der Waals surface area (Å²) >= 11 is 0. The van der Waals surface area contributed by atoms with Crippen molar-refractivity contribution in [2.45, 2.75) is 25.8 Å². The minimum Gasteiger partial charge on any atom is -0.493 e. The van der Waals surface area contributed by atoms with Crippen LogP contribution in [0.2, 0.25) is 0 Å². The first kappa shape index (κ1) is 27.3. The fourth-order valence-electron chi connectivity index (χ4n) is 5.46. The average molecular weight is 571 g/mol. The number of fused-ring (bicyclic) bond motifs is 6. The highest BCUT2D eigenvalue weighted by Crippen LogP contribution is 2.41. The monoisotopic (exact) mass is 570 g/mol. The molecule has 216 valence electrons. The molecule has 4 heterocycles. The van der Waals surface area contributed by atoms with Crippen LogP contribution in [0.5, 0.6) is 23.0 Å². The number of nitrogens with one attached hydrogen (secondary N) is 1. The summed E-state index contributed by atoms with van der Waals surface area (Å²) in [7, 11) is 3.39. The molecule has 42 heavy (non-hydrogen) atoms. The second-order valence-corrected chi connectivity index (χ2v) is 10.4. The molecule has 2 amide bonds. The summed E-state index contributed by atoms with van der Waals surface area (Å²) in [6, 6.07) is 16.9. The molecule has 0 radical (unpaired) electrons. The molecule has 3 aliphatic heterocycles. The van der Waals surface area contributed by atoms with Crippen molar-refractivity contribution in [1.29, 1.82) is 0 Å². The lowest BCUT2D eigenvalue weighted by Gasteiger charge is -2.37. The van der Waals surface area contributed by atoms with Crippen LogP contribution in [0.3, 0.4) is 0 Å². The third kappa shape index (κ3) is 5.15. The Morgan fingerprint density at radius 3 is 2.69 bits per heavy atom. The molecule has 3 aromatic carbocycles. The van der Waals surface area contributed by atoms with Gasteiger partial charge in [0.05, 0.1) is 25.3 Å². The highest BCUT2D eigenvalue weighted by Gasteiger charge is 2.34. The zero-order valence-corrected chi connectivity index (χ0v) is 23.6. The average Bonchev–Trinajstić information content (AvgIpc) is 3.33. The van der Waals surface area contributed by atoms with E-state index in [0.29, 0.717) is 48.1 Å². The number of amides is 2. The Bertz CT molecular complexity index is 1660. The fraction of sp³-hybridized carbons (Fsp3) is 0.281. The van der Waals surface area contributed by atoms with Gasteiger partial charge in [0.25, 0.3) is 11.8 Å². The van der Waals surface area contributed by atoms with E-state index >= 15 is 0 Å². The maximum Gasteiger partial charge on any atom is 0.275 e. The Balaban J connectivity index is 1.46. The standard InChI is InChI=1S/C32H31FN4O5/c1-19-15-27(35-36(19)2)32(39)37-13-11-20-16-22-6-8-24(20)30(37)21-5-10-28(40-3)29(17-21)41-14-4-12-34-31(38)25-18-23(42-22)7-9-26(25)33/h5-10,15-18,30H,4,11-14H2,1-3H3,(H,34,38). The van der Waals surface area contributed by atoms with Gasteiger partial charge in [-0.1, -0.05) is 12.1 Å². The largest absolute Gasteiger partial charge is 0.493 e. The van der Waals surface area contributed by atoms with Gasteiger partial charge in [-0.15, -0.1) is 0 Å². The van der Waals surface area contributed by atoms with Crippen LogP contribution in [0.1, 0.15) is 55.7 Å². The third-order valence-corrected chi connectivity index (χ3v) is 7.72. The van der Waals surface area contributed by atoms with Gasteiger partial charge in [0.1, 0.15) is 17.3 Å². The van der Waals surface area contributed by atoms with Crippen molar-refractivity contribution in [3.8, 4) is 23.0 Å². The summed E-state index contributed by atoms with van der Waals surface area (Å²) in [6.45, 7) is 2.94. The summed E-state index contributed by atoms with van der Waals surface area (Å²) in [5.74, 6) is 0.645. The van der Waals surface area contributed by atoms with Gasteiger partial charge >= 0.3 is 0 Å². The quantitative estimate of drug-likeness (QED) is 0.366. The van der Waals surface area contributed by atoms with Crippen LogP contribution in [0.25, 0.3) is 0 Å². The summed E-state index contributed by atoms with van der Waals surface area (Å²) in [5, 5.41) is 7.20. The number of aryl methyl sites for hydroxylation is 2. The number of carbonyl (C=O) groups excluding carboxylic acids is 2. The number of nitrogens with zero attached hydrogens (tertiary/aromatic N) is 3. The molecule has 9 nitrogen and oxygen atoms in total. The molecule has 1 aromatic heterocycles. The van der Waals surface area contributed by atoms with E-state index in [1.165, 1.54) is 18.2 Å². The van der Waals surface area contributed by atoms with Gasteiger partial charge in [-0.3, -0.25) is 14.3 Å². The Labute approximate surface area is 242 Å². The number of benzene rings is 3. The molecule has 0 saturated heterocycles. The summed E-state index contributed by atoms with van der Waals surface area (Å²) < 4.78 is 34.0. The van der Waals surface area contributed by atoms with Crippen LogP contribution in [-0.4, -0.2) is 53.3 Å². The first-order valence-corrected chi connectivity index (χ1v) is 13.8. The van der Waals surface area contributed by atoms with Crippen molar-refractivity contribution in [3.05, 3.63) is 100 Å². The molecule has 0 fully saturated rings. The lowest BCUT2D eigenvalue weighted by molar-refractivity contribution is 0.0687. The molecular weight excluding hydrogens is 539 g/mol. The van der Waals surface area contributed by atoms with Crippen molar-refractivity contribution in [3.63, 3.8) is 0 Å². The van der Waals surface area contributed by atoms with E-state index in [1.54, 1.807) is 17.9 Å². The highest BCUT2D eigenvalue weighted by molar-refractivity contribution is 5.95. The molecule has 0 aliphatic carbocycles. The molecule has 3 aliphatic rings. The Kier molecular flexibility index (Phi) is 7.28. The van der Waals surface area contributed by atoms with Crippen LogP contribution < -0.4 is 19.5 Å². The lowest BCUT2D eigenvalue weighted by Crippen LogP contribution is -2.40. The lowest BCUT2D eigenvalue weighted by atomic mass is 9.87. The number of hydrogen-bond donors (Lipinski definition) is 1. The van der Waals surface area contributed by atoms with Crippen LogP contribution in [0, 0.1) is 12.7 Å². The van der Waals surface area contributed by atoms with Gasteiger partial charge in [-0.25, -0.2) is 4.39 Å². The Hall–Kier alpha value is -4.86. The van der Waals surface area contributed by atoms with Crippen LogP contribution in [0.4, 0.5) is 4.39 Å². The molecular formula is C32H31FN4O5. The molecule has 1 atom stereocenters. The molecule has 4 aromatic rings.